The number of aliphatic hydroxyl groups excluding tert-OH is 1. The summed E-state index contributed by atoms with van der Waals surface area (Å²) in [5.41, 5.74) is 1.97. The topological polar surface area (TPSA) is 89.0 Å². The first kappa shape index (κ1) is 22.1. The zero-order chi connectivity index (χ0) is 24.0. The molecule has 1 N–H and O–H groups in total. The van der Waals surface area contributed by atoms with Gasteiger partial charge in [-0.3, -0.25) is 14.5 Å². The highest BCUT2D eigenvalue weighted by Gasteiger charge is 2.48. The van der Waals surface area contributed by atoms with Crippen molar-refractivity contribution in [3.05, 3.63) is 75.5 Å². The third kappa shape index (κ3) is 3.53. The third-order valence-corrected chi connectivity index (χ3v) is 7.66. The Morgan fingerprint density at radius 2 is 1.91 bits per heavy atom. The van der Waals surface area contributed by atoms with Crippen molar-refractivity contribution >= 4 is 55.5 Å². The molecule has 1 atom stereocenters. The second-order valence-corrected chi connectivity index (χ2v) is 9.69. The van der Waals surface area contributed by atoms with Crippen molar-refractivity contribution in [2.45, 2.75) is 13.0 Å². The lowest BCUT2D eigenvalue weighted by Gasteiger charge is -2.21. The molecule has 7 nitrogen and oxygen atoms in total. The van der Waals surface area contributed by atoms with Crippen LogP contribution in [0.3, 0.4) is 0 Å². The smallest absolute Gasteiger partial charge is 0.301 e. The molecule has 2 aromatic heterocycles. The molecular weight excluding hydrogens is 472 g/mol. The van der Waals surface area contributed by atoms with Gasteiger partial charge in [-0.15, -0.1) is 11.3 Å². The van der Waals surface area contributed by atoms with Crippen LogP contribution in [0.25, 0.3) is 16.0 Å². The van der Waals surface area contributed by atoms with Crippen LogP contribution in [0.1, 0.15) is 22.0 Å². The van der Waals surface area contributed by atoms with E-state index in [4.69, 9.17) is 9.47 Å². The summed E-state index contributed by atoms with van der Waals surface area (Å²) in [4.78, 5) is 33.3. The Morgan fingerprint density at radius 3 is 2.59 bits per heavy atom. The van der Waals surface area contributed by atoms with Crippen molar-refractivity contribution in [1.82, 2.24) is 4.98 Å². The molecule has 5 rings (SSSR count). The average molecular weight is 493 g/mol. The van der Waals surface area contributed by atoms with Crippen molar-refractivity contribution < 1.29 is 24.2 Å². The number of Topliss-reactive ketones (excluding diaryl/α,β-unsaturated/α-hetero) is 1. The molecule has 4 aromatic rings. The Labute approximate surface area is 203 Å². The second-order valence-electron chi connectivity index (χ2n) is 7.70. The molecule has 3 heterocycles. The van der Waals surface area contributed by atoms with Crippen LogP contribution in [0.5, 0.6) is 11.5 Å². The van der Waals surface area contributed by atoms with Crippen LogP contribution in [0.15, 0.2) is 59.5 Å². The molecule has 2 aromatic carbocycles. The third-order valence-electron chi connectivity index (χ3n) is 5.72. The maximum Gasteiger partial charge on any atom is 0.301 e. The summed E-state index contributed by atoms with van der Waals surface area (Å²) in [5.74, 6) is -0.364. The predicted molar refractivity (Wildman–Crippen MR) is 133 cm³/mol. The summed E-state index contributed by atoms with van der Waals surface area (Å²) in [6.45, 7) is 1.85. The average Bonchev–Trinajstić information content (AvgIpc) is 3.56. The molecule has 0 saturated carbocycles. The molecule has 1 aliphatic heterocycles. The maximum atomic E-state index is 13.3. The minimum Gasteiger partial charge on any atom is -0.507 e. The van der Waals surface area contributed by atoms with Gasteiger partial charge in [-0.05, 0) is 60.3 Å². The lowest BCUT2D eigenvalue weighted by atomic mass is 9.99. The number of nitrogens with zero attached hydrogens (tertiary/aromatic N) is 2. The number of carbonyl (C=O) groups is 2. The van der Waals surface area contributed by atoms with Crippen molar-refractivity contribution in [3.8, 4) is 11.5 Å². The lowest BCUT2D eigenvalue weighted by molar-refractivity contribution is -0.132. The molecule has 172 valence electrons. The van der Waals surface area contributed by atoms with Gasteiger partial charge in [0.05, 0.1) is 30.0 Å². The summed E-state index contributed by atoms with van der Waals surface area (Å²) in [6, 6.07) is 13.5. The van der Waals surface area contributed by atoms with Crippen LogP contribution in [0, 0.1) is 6.92 Å². The highest BCUT2D eigenvalue weighted by Crippen LogP contribution is 2.45. The van der Waals surface area contributed by atoms with Crippen molar-refractivity contribution in [3.63, 3.8) is 0 Å². The number of aryl methyl sites for hydroxylation is 1. The van der Waals surface area contributed by atoms with E-state index in [1.807, 2.05) is 36.6 Å². The number of thiophene rings is 1. The number of ketones is 1. The zero-order valence-corrected chi connectivity index (χ0v) is 20.2. The number of thiazole rings is 1. The zero-order valence-electron chi connectivity index (χ0n) is 18.6. The number of hydrogen-bond donors (Lipinski definition) is 1. The van der Waals surface area contributed by atoms with E-state index in [2.05, 4.69) is 4.98 Å². The van der Waals surface area contributed by atoms with Gasteiger partial charge in [0.15, 0.2) is 5.13 Å². The number of anilines is 1. The number of methoxy groups -OCH3 is 2. The van der Waals surface area contributed by atoms with Crippen molar-refractivity contribution in [2.75, 3.05) is 19.1 Å². The molecular formula is C25H20N2O5S2. The summed E-state index contributed by atoms with van der Waals surface area (Å²) >= 11 is 2.70. The molecule has 0 bridgehead atoms. The van der Waals surface area contributed by atoms with Crippen LogP contribution < -0.4 is 14.4 Å². The number of ether oxygens (including phenoxy) is 2. The Hall–Kier alpha value is -3.69. The summed E-state index contributed by atoms with van der Waals surface area (Å²) in [5, 5.41) is 13.5. The quantitative estimate of drug-likeness (QED) is 0.231. The maximum absolute atomic E-state index is 13.3. The molecule has 1 fully saturated rings. The highest BCUT2D eigenvalue weighted by atomic mass is 32.1. The standard InChI is InChI=1S/C25H20N2O5S2/c1-13-11-14(6-9-17(13)32-3)22(28)20-21(18-5-4-10-33-18)27(24(30)23(20)29)25-26-16-8-7-15(31-2)12-19(16)34-25/h4-12,21,28H,1-3H3/b22-20+. The molecule has 1 amide bonds. The van der Waals surface area contributed by atoms with Gasteiger partial charge < -0.3 is 14.6 Å². The Morgan fingerprint density at radius 1 is 1.09 bits per heavy atom. The van der Waals surface area contributed by atoms with Gasteiger partial charge in [-0.1, -0.05) is 17.4 Å². The highest BCUT2D eigenvalue weighted by molar-refractivity contribution is 7.22. The van der Waals surface area contributed by atoms with Gasteiger partial charge in [0.1, 0.15) is 23.3 Å². The van der Waals surface area contributed by atoms with E-state index in [9.17, 15) is 14.7 Å². The number of aliphatic hydroxyl groups is 1. The predicted octanol–water partition coefficient (Wildman–Crippen LogP) is 5.31. The molecule has 34 heavy (non-hydrogen) atoms. The lowest BCUT2D eigenvalue weighted by Crippen LogP contribution is -2.28. The number of carbonyl (C=O) groups excluding carboxylic acids is 2. The molecule has 0 spiro atoms. The monoisotopic (exact) mass is 492 g/mol. The Bertz CT molecular complexity index is 1460. The first-order valence-electron chi connectivity index (χ1n) is 10.4. The summed E-state index contributed by atoms with van der Waals surface area (Å²) < 4.78 is 11.4. The molecule has 0 radical (unpaired) electrons. The second kappa shape index (κ2) is 8.58. The Balaban J connectivity index is 1.68. The van der Waals surface area contributed by atoms with Crippen molar-refractivity contribution in [1.29, 1.82) is 0 Å². The van der Waals surface area contributed by atoms with Crippen LogP contribution >= 0.6 is 22.7 Å². The fourth-order valence-corrected chi connectivity index (χ4v) is 5.89. The van der Waals surface area contributed by atoms with Crippen LogP contribution in [0.4, 0.5) is 5.13 Å². The SMILES string of the molecule is COc1ccc2nc(N3C(=O)C(=O)/C(=C(/O)c4ccc(OC)c(C)c4)C3c3cccs3)sc2c1. The summed E-state index contributed by atoms with van der Waals surface area (Å²) in [7, 11) is 3.15. The van der Waals surface area contributed by atoms with E-state index < -0.39 is 17.7 Å². The number of amides is 1. The van der Waals surface area contributed by atoms with Gasteiger partial charge >= 0.3 is 5.91 Å². The van der Waals surface area contributed by atoms with Gasteiger partial charge in [-0.2, -0.15) is 0 Å². The van der Waals surface area contributed by atoms with Crippen LogP contribution in [0.2, 0.25) is 0 Å². The molecule has 9 heteroatoms. The summed E-state index contributed by atoms with van der Waals surface area (Å²) in [6.07, 6.45) is 0. The van der Waals surface area contributed by atoms with E-state index in [0.29, 0.717) is 27.7 Å². The number of aromatic nitrogens is 1. The Kier molecular flexibility index (Phi) is 5.59. The first-order chi connectivity index (χ1) is 16.4. The van der Waals surface area contributed by atoms with E-state index >= 15 is 0 Å². The van der Waals surface area contributed by atoms with E-state index in [0.717, 1.165) is 15.1 Å². The number of benzene rings is 2. The molecule has 1 saturated heterocycles. The largest absolute Gasteiger partial charge is 0.507 e. The van der Waals surface area contributed by atoms with E-state index in [1.165, 1.54) is 27.6 Å². The fourth-order valence-electron chi connectivity index (χ4n) is 4.05. The minimum absolute atomic E-state index is 0.0360. The van der Waals surface area contributed by atoms with Crippen LogP contribution in [-0.2, 0) is 9.59 Å². The molecule has 0 aliphatic carbocycles. The fraction of sp³-hybridized carbons (Fsp3) is 0.160. The number of fused-ring (bicyclic) bond motifs is 1. The van der Waals surface area contributed by atoms with Crippen LogP contribution in [-0.4, -0.2) is 36.0 Å². The number of hydrogen-bond acceptors (Lipinski definition) is 8. The minimum atomic E-state index is -0.787. The molecule has 1 unspecified atom stereocenters. The van der Waals surface area contributed by atoms with Gasteiger partial charge in [-0.25, -0.2) is 4.98 Å². The molecule has 1 aliphatic rings. The van der Waals surface area contributed by atoms with Gasteiger partial charge in [0, 0.05) is 10.4 Å². The number of rotatable bonds is 5. The first-order valence-corrected chi connectivity index (χ1v) is 12.1. The van der Waals surface area contributed by atoms with Crippen molar-refractivity contribution in [2.24, 2.45) is 0 Å². The van der Waals surface area contributed by atoms with E-state index in [1.54, 1.807) is 38.5 Å². The van der Waals surface area contributed by atoms with Gasteiger partial charge in [0.25, 0.3) is 5.78 Å². The van der Waals surface area contributed by atoms with E-state index in [-0.39, 0.29) is 11.3 Å². The normalized spacial score (nSPS) is 17.5. The van der Waals surface area contributed by atoms with Gasteiger partial charge in [0.2, 0.25) is 0 Å².